The fraction of sp³-hybridized carbons (Fsp3) is 0.235. The number of ether oxygens (including phenoxy) is 2. The fourth-order valence-electron chi connectivity index (χ4n) is 1.96. The maximum Gasteiger partial charge on any atom is 0.224 e. The van der Waals surface area contributed by atoms with Gasteiger partial charge in [0.15, 0.2) is 0 Å². The third-order valence-electron chi connectivity index (χ3n) is 2.98. The first-order valence-electron chi connectivity index (χ1n) is 6.86. The Morgan fingerprint density at radius 1 is 1.05 bits per heavy atom. The van der Waals surface area contributed by atoms with Crippen molar-refractivity contribution in [1.82, 2.24) is 5.32 Å². The van der Waals surface area contributed by atoms with Crippen LogP contribution in [0.4, 0.5) is 0 Å². The zero-order valence-electron chi connectivity index (χ0n) is 12.0. The second-order valence-corrected chi connectivity index (χ2v) is 4.50. The van der Waals surface area contributed by atoms with E-state index in [1.165, 1.54) is 0 Å². The molecular weight excluding hydrogens is 266 g/mol. The van der Waals surface area contributed by atoms with E-state index < -0.39 is 0 Å². The number of amides is 1. The molecule has 0 saturated carbocycles. The van der Waals surface area contributed by atoms with Crippen molar-refractivity contribution in [3.63, 3.8) is 0 Å². The molecule has 4 heteroatoms. The van der Waals surface area contributed by atoms with Gasteiger partial charge >= 0.3 is 0 Å². The average Bonchev–Trinajstić information content (AvgIpc) is 2.53. The summed E-state index contributed by atoms with van der Waals surface area (Å²) in [6.07, 6.45) is 0.301. The molecule has 4 nitrogen and oxygen atoms in total. The zero-order valence-corrected chi connectivity index (χ0v) is 12.0. The number of hydrogen-bond acceptors (Lipinski definition) is 3. The van der Waals surface area contributed by atoms with E-state index in [0.717, 1.165) is 17.1 Å². The number of benzene rings is 2. The molecule has 2 aromatic carbocycles. The van der Waals surface area contributed by atoms with Crippen LogP contribution >= 0.6 is 0 Å². The minimum absolute atomic E-state index is 0.0452. The lowest BCUT2D eigenvalue weighted by molar-refractivity contribution is -0.120. The van der Waals surface area contributed by atoms with E-state index in [9.17, 15) is 4.79 Å². The molecule has 0 heterocycles. The molecule has 0 bridgehead atoms. The minimum atomic E-state index is -0.0452. The highest BCUT2D eigenvalue weighted by Gasteiger charge is 2.07. The van der Waals surface area contributed by atoms with Crippen LogP contribution in [0.5, 0.6) is 11.5 Å². The lowest BCUT2D eigenvalue weighted by Crippen LogP contribution is -2.29. The summed E-state index contributed by atoms with van der Waals surface area (Å²) < 4.78 is 10.7. The van der Waals surface area contributed by atoms with Crippen LogP contribution in [0.2, 0.25) is 0 Å². The van der Waals surface area contributed by atoms with Gasteiger partial charge in [0.2, 0.25) is 5.91 Å². The first kappa shape index (κ1) is 14.9. The van der Waals surface area contributed by atoms with Crippen molar-refractivity contribution in [1.29, 1.82) is 0 Å². The van der Waals surface area contributed by atoms with Crippen LogP contribution in [0.15, 0.2) is 54.6 Å². The van der Waals surface area contributed by atoms with Crippen LogP contribution in [0.3, 0.4) is 0 Å². The molecule has 0 unspecified atom stereocenters. The van der Waals surface area contributed by atoms with Gasteiger partial charge in [-0.15, -0.1) is 0 Å². The molecule has 0 aliphatic carbocycles. The number of carbonyl (C=O) groups is 1. The van der Waals surface area contributed by atoms with Gasteiger partial charge in [0.05, 0.1) is 20.1 Å². The Labute approximate surface area is 124 Å². The van der Waals surface area contributed by atoms with Crippen molar-refractivity contribution in [3.8, 4) is 11.5 Å². The van der Waals surface area contributed by atoms with E-state index in [1.807, 2.05) is 54.6 Å². The van der Waals surface area contributed by atoms with Crippen LogP contribution in [-0.2, 0) is 11.2 Å². The molecule has 0 atom stereocenters. The predicted octanol–water partition coefficient (Wildman–Crippen LogP) is 2.43. The second kappa shape index (κ2) is 7.94. The van der Waals surface area contributed by atoms with Crippen LogP contribution in [0, 0.1) is 0 Å². The molecule has 2 rings (SSSR count). The first-order chi connectivity index (χ1) is 10.3. The SMILES string of the molecule is COc1ccccc1CC(=O)NCCOc1ccccc1. The molecule has 1 N–H and O–H groups in total. The van der Waals surface area contributed by atoms with Gasteiger partial charge in [0.1, 0.15) is 18.1 Å². The van der Waals surface area contributed by atoms with Gasteiger partial charge in [-0.05, 0) is 18.2 Å². The molecule has 110 valence electrons. The summed E-state index contributed by atoms with van der Waals surface area (Å²) >= 11 is 0. The Balaban J connectivity index is 1.72. The molecule has 0 aliphatic heterocycles. The summed E-state index contributed by atoms with van der Waals surface area (Å²) in [5, 5.41) is 2.83. The van der Waals surface area contributed by atoms with Crippen molar-refractivity contribution in [2.24, 2.45) is 0 Å². The van der Waals surface area contributed by atoms with Gasteiger partial charge in [-0.3, -0.25) is 4.79 Å². The quantitative estimate of drug-likeness (QED) is 0.795. The average molecular weight is 285 g/mol. The van der Waals surface area contributed by atoms with Crippen molar-refractivity contribution in [3.05, 3.63) is 60.2 Å². The molecule has 0 aromatic heterocycles. The van der Waals surface area contributed by atoms with Crippen molar-refractivity contribution >= 4 is 5.91 Å². The van der Waals surface area contributed by atoms with E-state index in [2.05, 4.69) is 5.32 Å². The molecule has 2 aromatic rings. The standard InChI is InChI=1S/C17H19NO3/c1-20-16-10-6-5-7-14(16)13-17(19)18-11-12-21-15-8-3-2-4-9-15/h2-10H,11-13H2,1H3,(H,18,19). The number of hydrogen-bond donors (Lipinski definition) is 1. The Hall–Kier alpha value is -2.49. The number of para-hydroxylation sites is 2. The van der Waals surface area contributed by atoms with Crippen LogP contribution < -0.4 is 14.8 Å². The topological polar surface area (TPSA) is 47.6 Å². The Morgan fingerprint density at radius 2 is 1.76 bits per heavy atom. The molecule has 1 amide bonds. The van der Waals surface area contributed by atoms with Gasteiger partial charge in [-0.25, -0.2) is 0 Å². The van der Waals surface area contributed by atoms with Crippen LogP contribution in [-0.4, -0.2) is 26.2 Å². The Bertz CT molecular complexity index is 569. The van der Waals surface area contributed by atoms with Gasteiger partial charge < -0.3 is 14.8 Å². The van der Waals surface area contributed by atoms with E-state index in [-0.39, 0.29) is 5.91 Å². The maximum atomic E-state index is 11.9. The third kappa shape index (κ3) is 4.84. The number of nitrogens with one attached hydrogen (secondary N) is 1. The molecule has 0 fully saturated rings. The van der Waals surface area contributed by atoms with Crippen molar-refractivity contribution in [2.75, 3.05) is 20.3 Å². The fourth-order valence-corrected chi connectivity index (χ4v) is 1.96. The van der Waals surface area contributed by atoms with Gasteiger partial charge in [-0.1, -0.05) is 36.4 Å². The number of carbonyl (C=O) groups excluding carboxylic acids is 1. The van der Waals surface area contributed by atoms with Gasteiger partial charge in [0.25, 0.3) is 0 Å². The summed E-state index contributed by atoms with van der Waals surface area (Å²) in [5.41, 5.74) is 0.876. The molecule has 0 spiro atoms. The van der Waals surface area contributed by atoms with Crippen molar-refractivity contribution in [2.45, 2.75) is 6.42 Å². The van der Waals surface area contributed by atoms with Crippen LogP contribution in [0.1, 0.15) is 5.56 Å². The monoisotopic (exact) mass is 285 g/mol. The predicted molar refractivity (Wildman–Crippen MR) is 81.6 cm³/mol. The van der Waals surface area contributed by atoms with Gasteiger partial charge in [0, 0.05) is 5.56 Å². The highest BCUT2D eigenvalue weighted by molar-refractivity contribution is 5.79. The van der Waals surface area contributed by atoms with E-state index >= 15 is 0 Å². The highest BCUT2D eigenvalue weighted by Crippen LogP contribution is 2.17. The summed E-state index contributed by atoms with van der Waals surface area (Å²) in [6, 6.07) is 17.0. The Kier molecular flexibility index (Phi) is 5.64. The molecular formula is C17H19NO3. The minimum Gasteiger partial charge on any atom is -0.496 e. The molecule has 0 aliphatic rings. The summed E-state index contributed by atoms with van der Waals surface area (Å²) in [6.45, 7) is 0.921. The number of methoxy groups -OCH3 is 1. The summed E-state index contributed by atoms with van der Waals surface area (Å²) in [7, 11) is 1.60. The zero-order chi connectivity index (χ0) is 14.9. The summed E-state index contributed by atoms with van der Waals surface area (Å²) in [5.74, 6) is 1.49. The van der Waals surface area contributed by atoms with Gasteiger partial charge in [-0.2, -0.15) is 0 Å². The Morgan fingerprint density at radius 3 is 2.52 bits per heavy atom. The van der Waals surface area contributed by atoms with Crippen LogP contribution in [0.25, 0.3) is 0 Å². The van der Waals surface area contributed by atoms with Crippen molar-refractivity contribution < 1.29 is 14.3 Å². The van der Waals surface area contributed by atoms with E-state index in [1.54, 1.807) is 7.11 Å². The normalized spacial score (nSPS) is 9.95. The van der Waals surface area contributed by atoms with E-state index in [0.29, 0.717) is 19.6 Å². The maximum absolute atomic E-state index is 11.9. The second-order valence-electron chi connectivity index (χ2n) is 4.50. The smallest absolute Gasteiger partial charge is 0.224 e. The molecule has 0 saturated heterocycles. The lowest BCUT2D eigenvalue weighted by atomic mass is 10.1. The molecule has 21 heavy (non-hydrogen) atoms. The number of rotatable bonds is 7. The first-order valence-corrected chi connectivity index (χ1v) is 6.86. The van der Waals surface area contributed by atoms with E-state index in [4.69, 9.17) is 9.47 Å². The third-order valence-corrected chi connectivity index (χ3v) is 2.98. The molecule has 0 radical (unpaired) electrons. The largest absolute Gasteiger partial charge is 0.496 e. The lowest BCUT2D eigenvalue weighted by Gasteiger charge is -2.09. The highest BCUT2D eigenvalue weighted by atomic mass is 16.5. The summed E-state index contributed by atoms with van der Waals surface area (Å²) in [4.78, 5) is 11.9.